The molecule has 3 rings (SSSR count). The number of amides is 1. The van der Waals surface area contributed by atoms with E-state index in [2.05, 4.69) is 23.6 Å². The molecule has 0 saturated heterocycles. The molecule has 1 aromatic rings. The Morgan fingerprint density at radius 2 is 2.00 bits per heavy atom. The minimum Gasteiger partial charge on any atom is -0.373 e. The molecule has 1 fully saturated rings. The molecule has 0 bridgehead atoms. The van der Waals surface area contributed by atoms with Crippen LogP contribution in [-0.2, 0) is 11.2 Å². The van der Waals surface area contributed by atoms with E-state index in [9.17, 15) is 4.79 Å². The van der Waals surface area contributed by atoms with Crippen molar-refractivity contribution in [2.75, 3.05) is 5.32 Å². The molecule has 108 valence electrons. The molecule has 3 heteroatoms. The molecule has 2 N–H and O–H groups in total. The first-order valence-corrected chi connectivity index (χ1v) is 7.89. The van der Waals surface area contributed by atoms with Crippen molar-refractivity contribution in [2.24, 2.45) is 5.92 Å². The summed E-state index contributed by atoms with van der Waals surface area (Å²) >= 11 is 0. The molecule has 0 aromatic heterocycles. The van der Waals surface area contributed by atoms with Gasteiger partial charge in [0.05, 0.1) is 0 Å². The van der Waals surface area contributed by atoms with Gasteiger partial charge in [-0.1, -0.05) is 37.5 Å². The quantitative estimate of drug-likeness (QED) is 0.887. The SMILES string of the molecule is CC(NC(=O)C1Cc2ccccc2N1)C1CCCCC1. The van der Waals surface area contributed by atoms with Crippen LogP contribution >= 0.6 is 0 Å². The van der Waals surface area contributed by atoms with Gasteiger partial charge in [0.1, 0.15) is 6.04 Å². The predicted molar refractivity (Wildman–Crippen MR) is 81.7 cm³/mol. The number of carbonyl (C=O) groups excluding carboxylic acids is 1. The fourth-order valence-electron chi connectivity index (χ4n) is 3.53. The largest absolute Gasteiger partial charge is 0.373 e. The van der Waals surface area contributed by atoms with Gasteiger partial charge in [0.15, 0.2) is 0 Å². The van der Waals surface area contributed by atoms with Gasteiger partial charge in [0.25, 0.3) is 0 Å². The Hall–Kier alpha value is -1.51. The topological polar surface area (TPSA) is 41.1 Å². The molecule has 3 nitrogen and oxygen atoms in total. The van der Waals surface area contributed by atoms with Crippen LogP contribution in [0.25, 0.3) is 0 Å². The molecule has 1 heterocycles. The lowest BCUT2D eigenvalue weighted by atomic mass is 9.84. The minimum absolute atomic E-state index is 0.0987. The Morgan fingerprint density at radius 3 is 2.75 bits per heavy atom. The van der Waals surface area contributed by atoms with Crippen LogP contribution in [0.5, 0.6) is 0 Å². The third kappa shape index (κ3) is 2.82. The zero-order valence-electron chi connectivity index (χ0n) is 12.2. The molecule has 1 aliphatic heterocycles. The van der Waals surface area contributed by atoms with Crippen LogP contribution in [-0.4, -0.2) is 18.0 Å². The molecule has 1 saturated carbocycles. The van der Waals surface area contributed by atoms with E-state index in [0.29, 0.717) is 12.0 Å². The fraction of sp³-hybridized carbons (Fsp3) is 0.588. The summed E-state index contributed by atoms with van der Waals surface area (Å²) in [6, 6.07) is 8.39. The van der Waals surface area contributed by atoms with E-state index in [1.165, 1.54) is 37.7 Å². The van der Waals surface area contributed by atoms with E-state index in [4.69, 9.17) is 0 Å². The third-order valence-electron chi connectivity index (χ3n) is 4.81. The molecular weight excluding hydrogens is 248 g/mol. The Morgan fingerprint density at radius 1 is 1.25 bits per heavy atom. The van der Waals surface area contributed by atoms with Crippen LogP contribution in [0.4, 0.5) is 5.69 Å². The van der Waals surface area contributed by atoms with E-state index in [-0.39, 0.29) is 11.9 Å². The number of nitrogens with one attached hydrogen (secondary N) is 2. The van der Waals surface area contributed by atoms with Gasteiger partial charge in [0, 0.05) is 18.2 Å². The van der Waals surface area contributed by atoms with Gasteiger partial charge in [-0.25, -0.2) is 0 Å². The summed E-state index contributed by atoms with van der Waals surface area (Å²) < 4.78 is 0. The molecule has 1 amide bonds. The Bertz CT molecular complexity index is 455. The lowest BCUT2D eigenvalue weighted by Crippen LogP contribution is -2.46. The van der Waals surface area contributed by atoms with Crippen molar-refractivity contribution in [3.63, 3.8) is 0 Å². The van der Waals surface area contributed by atoms with Crippen molar-refractivity contribution < 1.29 is 4.79 Å². The van der Waals surface area contributed by atoms with E-state index in [1.807, 2.05) is 18.2 Å². The van der Waals surface area contributed by atoms with E-state index >= 15 is 0 Å². The highest BCUT2D eigenvalue weighted by Crippen LogP contribution is 2.28. The summed E-state index contributed by atoms with van der Waals surface area (Å²) in [6.07, 6.45) is 7.32. The summed E-state index contributed by atoms with van der Waals surface area (Å²) in [4.78, 5) is 12.4. The van der Waals surface area contributed by atoms with E-state index in [0.717, 1.165) is 12.1 Å². The van der Waals surface area contributed by atoms with Crippen LogP contribution in [0.2, 0.25) is 0 Å². The van der Waals surface area contributed by atoms with Crippen LogP contribution in [0, 0.1) is 5.92 Å². The van der Waals surface area contributed by atoms with Gasteiger partial charge in [0.2, 0.25) is 5.91 Å². The number of benzene rings is 1. The fourth-order valence-corrected chi connectivity index (χ4v) is 3.53. The minimum atomic E-state index is -0.0987. The third-order valence-corrected chi connectivity index (χ3v) is 4.81. The van der Waals surface area contributed by atoms with Crippen molar-refractivity contribution in [3.8, 4) is 0 Å². The second-order valence-electron chi connectivity index (χ2n) is 6.25. The summed E-state index contributed by atoms with van der Waals surface area (Å²) in [7, 11) is 0. The summed E-state index contributed by atoms with van der Waals surface area (Å²) in [5, 5.41) is 6.56. The van der Waals surface area contributed by atoms with Gasteiger partial charge < -0.3 is 10.6 Å². The first kappa shape index (κ1) is 13.5. The highest BCUT2D eigenvalue weighted by atomic mass is 16.2. The van der Waals surface area contributed by atoms with Crippen molar-refractivity contribution in [2.45, 2.75) is 57.5 Å². The molecule has 2 unspecified atom stereocenters. The monoisotopic (exact) mass is 272 g/mol. The zero-order valence-corrected chi connectivity index (χ0v) is 12.2. The average molecular weight is 272 g/mol. The number of fused-ring (bicyclic) bond motifs is 1. The van der Waals surface area contributed by atoms with Crippen LogP contribution in [0.3, 0.4) is 0 Å². The van der Waals surface area contributed by atoms with Crippen molar-refractivity contribution in [1.29, 1.82) is 0 Å². The average Bonchev–Trinajstić information content (AvgIpc) is 2.92. The summed E-state index contributed by atoms with van der Waals surface area (Å²) in [5.74, 6) is 0.816. The first-order valence-electron chi connectivity index (χ1n) is 7.89. The molecule has 2 aliphatic rings. The van der Waals surface area contributed by atoms with Crippen molar-refractivity contribution >= 4 is 11.6 Å². The highest BCUT2D eigenvalue weighted by Gasteiger charge is 2.29. The van der Waals surface area contributed by atoms with Gasteiger partial charge in [-0.3, -0.25) is 4.79 Å². The Balaban J connectivity index is 1.55. The van der Waals surface area contributed by atoms with Gasteiger partial charge in [-0.15, -0.1) is 0 Å². The molecular formula is C17H24N2O. The Labute approximate surface area is 121 Å². The van der Waals surface area contributed by atoms with E-state index < -0.39 is 0 Å². The lowest BCUT2D eigenvalue weighted by Gasteiger charge is -2.29. The zero-order chi connectivity index (χ0) is 13.9. The van der Waals surface area contributed by atoms with Gasteiger partial charge >= 0.3 is 0 Å². The number of para-hydroxylation sites is 1. The van der Waals surface area contributed by atoms with Crippen LogP contribution in [0.1, 0.15) is 44.6 Å². The second kappa shape index (κ2) is 5.86. The first-order chi connectivity index (χ1) is 9.74. The van der Waals surface area contributed by atoms with Crippen LogP contribution < -0.4 is 10.6 Å². The molecule has 2 atom stereocenters. The predicted octanol–water partition coefficient (Wildman–Crippen LogP) is 3.11. The highest BCUT2D eigenvalue weighted by molar-refractivity contribution is 5.87. The maximum absolute atomic E-state index is 12.4. The number of rotatable bonds is 3. The number of anilines is 1. The van der Waals surface area contributed by atoms with Crippen LogP contribution in [0.15, 0.2) is 24.3 Å². The smallest absolute Gasteiger partial charge is 0.243 e. The second-order valence-corrected chi connectivity index (χ2v) is 6.25. The summed E-state index contributed by atoms with van der Waals surface area (Å²) in [6.45, 7) is 2.16. The number of carbonyl (C=O) groups is 1. The van der Waals surface area contributed by atoms with E-state index in [1.54, 1.807) is 0 Å². The number of hydrogen-bond donors (Lipinski definition) is 2. The molecule has 20 heavy (non-hydrogen) atoms. The normalized spacial score (nSPS) is 23.8. The standard InChI is InChI=1S/C17H24N2O/c1-12(13-7-3-2-4-8-13)18-17(20)16-11-14-9-5-6-10-15(14)19-16/h5-6,9-10,12-13,16,19H,2-4,7-8,11H2,1H3,(H,18,20). The Kier molecular flexibility index (Phi) is 3.95. The summed E-state index contributed by atoms with van der Waals surface area (Å²) in [5.41, 5.74) is 2.36. The molecule has 1 aliphatic carbocycles. The number of hydrogen-bond acceptors (Lipinski definition) is 2. The molecule has 1 aromatic carbocycles. The van der Waals surface area contributed by atoms with Crippen molar-refractivity contribution in [3.05, 3.63) is 29.8 Å². The van der Waals surface area contributed by atoms with Gasteiger partial charge in [-0.2, -0.15) is 0 Å². The maximum Gasteiger partial charge on any atom is 0.243 e. The maximum atomic E-state index is 12.4. The molecule has 0 spiro atoms. The van der Waals surface area contributed by atoms with Crippen molar-refractivity contribution in [1.82, 2.24) is 5.32 Å². The lowest BCUT2D eigenvalue weighted by molar-refractivity contribution is -0.122. The molecule has 0 radical (unpaired) electrons. The van der Waals surface area contributed by atoms with Gasteiger partial charge in [-0.05, 0) is 37.3 Å².